The Morgan fingerprint density at radius 2 is 1.79 bits per heavy atom. The van der Waals surface area contributed by atoms with Gasteiger partial charge in [0.15, 0.2) is 5.78 Å². The molecule has 0 bridgehead atoms. The molecule has 0 aliphatic carbocycles. The van der Waals surface area contributed by atoms with Gasteiger partial charge in [-0.05, 0) is 48.9 Å². The summed E-state index contributed by atoms with van der Waals surface area (Å²) < 4.78 is 5.14. The van der Waals surface area contributed by atoms with Gasteiger partial charge in [-0.2, -0.15) is 0 Å². The van der Waals surface area contributed by atoms with Crippen LogP contribution in [0.25, 0.3) is 0 Å². The SMILES string of the molecule is COc1ccc(CNc2ccc(C(=O)Nc3cccc(C(C)=O)c3)cn2)cc1. The summed E-state index contributed by atoms with van der Waals surface area (Å²) in [4.78, 5) is 28.1. The van der Waals surface area contributed by atoms with Crippen molar-refractivity contribution < 1.29 is 14.3 Å². The predicted molar refractivity (Wildman–Crippen MR) is 109 cm³/mol. The number of benzene rings is 2. The largest absolute Gasteiger partial charge is 0.497 e. The van der Waals surface area contributed by atoms with E-state index >= 15 is 0 Å². The fourth-order valence-electron chi connectivity index (χ4n) is 2.59. The van der Waals surface area contributed by atoms with Crippen LogP contribution in [0.5, 0.6) is 5.75 Å². The number of methoxy groups -OCH3 is 1. The van der Waals surface area contributed by atoms with Crippen molar-refractivity contribution in [2.75, 3.05) is 17.7 Å². The van der Waals surface area contributed by atoms with Crippen molar-refractivity contribution in [3.05, 3.63) is 83.6 Å². The first-order chi connectivity index (χ1) is 13.5. The maximum atomic E-state index is 12.4. The van der Waals surface area contributed by atoms with Gasteiger partial charge in [0.25, 0.3) is 5.91 Å². The number of aromatic nitrogens is 1. The molecule has 0 saturated carbocycles. The summed E-state index contributed by atoms with van der Waals surface area (Å²) in [5.41, 5.74) is 2.64. The smallest absolute Gasteiger partial charge is 0.257 e. The first-order valence-corrected chi connectivity index (χ1v) is 8.80. The van der Waals surface area contributed by atoms with Crippen LogP contribution in [-0.4, -0.2) is 23.8 Å². The minimum absolute atomic E-state index is 0.0509. The highest BCUT2D eigenvalue weighted by atomic mass is 16.5. The third-order valence-electron chi connectivity index (χ3n) is 4.19. The van der Waals surface area contributed by atoms with Crippen LogP contribution in [-0.2, 0) is 6.54 Å². The van der Waals surface area contributed by atoms with E-state index < -0.39 is 0 Å². The van der Waals surface area contributed by atoms with Crippen molar-refractivity contribution in [2.45, 2.75) is 13.5 Å². The Bertz CT molecular complexity index is 967. The van der Waals surface area contributed by atoms with Gasteiger partial charge >= 0.3 is 0 Å². The topological polar surface area (TPSA) is 80.3 Å². The molecule has 0 saturated heterocycles. The van der Waals surface area contributed by atoms with Crippen LogP contribution in [0, 0.1) is 0 Å². The molecule has 3 rings (SSSR count). The van der Waals surface area contributed by atoms with Crippen LogP contribution in [0.2, 0.25) is 0 Å². The van der Waals surface area contributed by atoms with Gasteiger partial charge in [-0.1, -0.05) is 24.3 Å². The van der Waals surface area contributed by atoms with Gasteiger partial charge in [-0.3, -0.25) is 9.59 Å². The molecular formula is C22H21N3O3. The number of ether oxygens (including phenoxy) is 1. The second kappa shape index (κ2) is 8.81. The Balaban J connectivity index is 1.59. The van der Waals surface area contributed by atoms with E-state index in [1.807, 2.05) is 24.3 Å². The Morgan fingerprint density at radius 1 is 1.00 bits per heavy atom. The van der Waals surface area contributed by atoms with Crippen LogP contribution in [0.15, 0.2) is 66.9 Å². The van der Waals surface area contributed by atoms with Crippen LogP contribution in [0.3, 0.4) is 0 Å². The van der Waals surface area contributed by atoms with Gasteiger partial charge in [0, 0.05) is 24.0 Å². The third-order valence-corrected chi connectivity index (χ3v) is 4.19. The van der Waals surface area contributed by atoms with E-state index in [4.69, 9.17) is 4.74 Å². The zero-order valence-corrected chi connectivity index (χ0v) is 15.7. The number of rotatable bonds is 7. The molecule has 6 heteroatoms. The molecule has 0 fully saturated rings. The zero-order valence-electron chi connectivity index (χ0n) is 15.7. The average Bonchev–Trinajstić information content (AvgIpc) is 2.73. The molecule has 0 unspecified atom stereocenters. The van der Waals surface area contributed by atoms with E-state index in [9.17, 15) is 9.59 Å². The molecule has 2 aromatic carbocycles. The van der Waals surface area contributed by atoms with E-state index in [1.54, 1.807) is 43.5 Å². The fraction of sp³-hybridized carbons (Fsp3) is 0.136. The molecule has 0 radical (unpaired) electrons. The van der Waals surface area contributed by atoms with Crippen LogP contribution >= 0.6 is 0 Å². The molecule has 3 aromatic rings. The first kappa shape index (κ1) is 19.1. The van der Waals surface area contributed by atoms with E-state index in [0.717, 1.165) is 11.3 Å². The lowest BCUT2D eigenvalue weighted by atomic mass is 10.1. The number of carbonyl (C=O) groups excluding carboxylic acids is 2. The van der Waals surface area contributed by atoms with Crippen LogP contribution < -0.4 is 15.4 Å². The van der Waals surface area contributed by atoms with Gasteiger partial charge in [-0.25, -0.2) is 4.98 Å². The standard InChI is InChI=1S/C22H21N3O3/c1-15(26)17-4-3-5-19(12-17)25-22(27)18-8-11-21(24-14-18)23-13-16-6-9-20(28-2)10-7-16/h3-12,14H,13H2,1-2H3,(H,23,24)(H,25,27). The maximum absolute atomic E-state index is 12.4. The highest BCUT2D eigenvalue weighted by molar-refractivity contribution is 6.05. The molecule has 0 atom stereocenters. The van der Waals surface area contributed by atoms with E-state index in [-0.39, 0.29) is 11.7 Å². The minimum Gasteiger partial charge on any atom is -0.497 e. The molecule has 1 heterocycles. The molecule has 6 nitrogen and oxygen atoms in total. The number of amides is 1. The van der Waals surface area contributed by atoms with Gasteiger partial charge in [0.1, 0.15) is 11.6 Å². The van der Waals surface area contributed by atoms with Crippen molar-refractivity contribution in [2.24, 2.45) is 0 Å². The minimum atomic E-state index is -0.282. The molecule has 0 spiro atoms. The summed E-state index contributed by atoms with van der Waals surface area (Å²) in [5.74, 6) is 1.15. The lowest BCUT2D eigenvalue weighted by Crippen LogP contribution is -2.13. The highest BCUT2D eigenvalue weighted by Crippen LogP contribution is 2.15. The van der Waals surface area contributed by atoms with Crippen molar-refractivity contribution >= 4 is 23.2 Å². The Hall–Kier alpha value is -3.67. The molecule has 0 aliphatic heterocycles. The van der Waals surface area contributed by atoms with Gasteiger partial charge in [0.05, 0.1) is 12.7 Å². The van der Waals surface area contributed by atoms with Crippen molar-refractivity contribution in [1.82, 2.24) is 4.98 Å². The third kappa shape index (κ3) is 4.94. The van der Waals surface area contributed by atoms with Gasteiger partial charge in [-0.15, -0.1) is 0 Å². The average molecular weight is 375 g/mol. The lowest BCUT2D eigenvalue weighted by Gasteiger charge is -2.09. The van der Waals surface area contributed by atoms with Crippen LogP contribution in [0.1, 0.15) is 33.2 Å². The molecule has 28 heavy (non-hydrogen) atoms. The number of ketones is 1. The van der Waals surface area contributed by atoms with Gasteiger partial charge in [0.2, 0.25) is 0 Å². The number of pyridine rings is 1. The Morgan fingerprint density at radius 3 is 2.43 bits per heavy atom. The summed E-state index contributed by atoms with van der Waals surface area (Å²) in [6, 6.07) is 18.0. The quantitative estimate of drug-likeness (QED) is 0.606. The number of hydrogen-bond acceptors (Lipinski definition) is 5. The molecular weight excluding hydrogens is 354 g/mol. The molecule has 142 valence electrons. The lowest BCUT2D eigenvalue weighted by molar-refractivity contribution is 0.101. The highest BCUT2D eigenvalue weighted by Gasteiger charge is 2.08. The number of nitrogens with one attached hydrogen (secondary N) is 2. The number of carbonyl (C=O) groups is 2. The van der Waals surface area contributed by atoms with E-state index in [0.29, 0.717) is 29.2 Å². The summed E-state index contributed by atoms with van der Waals surface area (Å²) in [6.45, 7) is 2.10. The first-order valence-electron chi connectivity index (χ1n) is 8.80. The zero-order chi connectivity index (χ0) is 19.9. The van der Waals surface area contributed by atoms with E-state index in [1.165, 1.54) is 13.1 Å². The summed E-state index contributed by atoms with van der Waals surface area (Å²) in [7, 11) is 1.63. The molecule has 0 aliphatic rings. The number of anilines is 2. The molecule has 2 N–H and O–H groups in total. The number of hydrogen-bond donors (Lipinski definition) is 2. The fourth-order valence-corrected chi connectivity index (χ4v) is 2.59. The van der Waals surface area contributed by atoms with Crippen molar-refractivity contribution in [1.29, 1.82) is 0 Å². The number of nitrogens with zero attached hydrogens (tertiary/aromatic N) is 1. The van der Waals surface area contributed by atoms with E-state index in [2.05, 4.69) is 15.6 Å². The second-order valence-electron chi connectivity index (χ2n) is 6.22. The monoisotopic (exact) mass is 375 g/mol. The molecule has 1 amide bonds. The molecule has 1 aromatic heterocycles. The maximum Gasteiger partial charge on any atom is 0.257 e. The van der Waals surface area contributed by atoms with Crippen LogP contribution in [0.4, 0.5) is 11.5 Å². The Labute approximate surface area is 163 Å². The van der Waals surface area contributed by atoms with Crippen molar-refractivity contribution in [3.8, 4) is 5.75 Å². The summed E-state index contributed by atoms with van der Waals surface area (Å²) in [5, 5.41) is 5.99. The second-order valence-corrected chi connectivity index (χ2v) is 6.22. The predicted octanol–water partition coefficient (Wildman–Crippen LogP) is 4.16. The summed E-state index contributed by atoms with van der Waals surface area (Å²) in [6.07, 6.45) is 1.51. The normalized spacial score (nSPS) is 10.2. The Kier molecular flexibility index (Phi) is 6.01. The summed E-state index contributed by atoms with van der Waals surface area (Å²) >= 11 is 0. The number of Topliss-reactive ketones (excluding diaryl/α,β-unsaturated/α-hetero) is 1. The van der Waals surface area contributed by atoms with Crippen molar-refractivity contribution in [3.63, 3.8) is 0 Å². The van der Waals surface area contributed by atoms with Gasteiger partial charge < -0.3 is 15.4 Å².